The van der Waals surface area contributed by atoms with Crippen LogP contribution < -0.4 is 9.47 Å². The van der Waals surface area contributed by atoms with Gasteiger partial charge in [-0.2, -0.15) is 5.26 Å². The molecule has 29 heavy (non-hydrogen) atoms. The molecular formula is C22H24FN3O3. The lowest BCUT2D eigenvalue weighted by atomic mass is 10.1. The average Bonchev–Trinajstić information content (AvgIpc) is 2.76. The molecule has 1 heterocycles. The maximum atomic E-state index is 13.2. The summed E-state index contributed by atoms with van der Waals surface area (Å²) in [6, 6.07) is 13.0. The third kappa shape index (κ3) is 4.66. The van der Waals surface area contributed by atoms with Crippen molar-refractivity contribution in [1.82, 2.24) is 9.80 Å². The molecule has 1 saturated heterocycles. The van der Waals surface area contributed by atoms with Gasteiger partial charge in [-0.25, -0.2) is 4.39 Å². The molecule has 6 nitrogen and oxygen atoms in total. The number of ether oxygens (including phenoxy) is 2. The van der Waals surface area contributed by atoms with E-state index in [1.165, 1.54) is 12.1 Å². The zero-order chi connectivity index (χ0) is 20.8. The molecule has 0 unspecified atom stereocenters. The van der Waals surface area contributed by atoms with Gasteiger partial charge in [-0.05, 0) is 42.8 Å². The van der Waals surface area contributed by atoms with Crippen LogP contribution in [0.15, 0.2) is 42.5 Å². The first-order chi connectivity index (χ1) is 14.1. The molecule has 2 aromatic carbocycles. The van der Waals surface area contributed by atoms with Gasteiger partial charge >= 0.3 is 0 Å². The highest BCUT2D eigenvalue weighted by Gasteiger charge is 2.28. The summed E-state index contributed by atoms with van der Waals surface area (Å²) < 4.78 is 24.0. The van der Waals surface area contributed by atoms with Crippen molar-refractivity contribution in [3.63, 3.8) is 0 Å². The maximum Gasteiger partial charge on any atom is 0.254 e. The summed E-state index contributed by atoms with van der Waals surface area (Å²) in [5, 5.41) is 9.59. The maximum absolute atomic E-state index is 13.2. The van der Waals surface area contributed by atoms with E-state index in [4.69, 9.17) is 9.47 Å². The minimum absolute atomic E-state index is 0.0821. The largest absolute Gasteiger partial charge is 0.493 e. The van der Waals surface area contributed by atoms with E-state index >= 15 is 0 Å². The van der Waals surface area contributed by atoms with Crippen molar-refractivity contribution in [2.75, 3.05) is 39.9 Å². The molecule has 1 aliphatic rings. The highest BCUT2D eigenvalue weighted by molar-refractivity contribution is 5.95. The predicted molar refractivity (Wildman–Crippen MR) is 106 cm³/mol. The number of piperazine rings is 1. The van der Waals surface area contributed by atoms with Crippen molar-refractivity contribution < 1.29 is 18.7 Å². The van der Waals surface area contributed by atoms with Gasteiger partial charge < -0.3 is 14.4 Å². The molecule has 0 saturated carbocycles. The molecule has 0 bridgehead atoms. The summed E-state index contributed by atoms with van der Waals surface area (Å²) in [5.74, 6) is 0.720. The smallest absolute Gasteiger partial charge is 0.254 e. The van der Waals surface area contributed by atoms with E-state index < -0.39 is 6.04 Å². The van der Waals surface area contributed by atoms with Crippen LogP contribution in [-0.4, -0.2) is 55.6 Å². The van der Waals surface area contributed by atoms with Crippen LogP contribution in [0.25, 0.3) is 0 Å². The quantitative estimate of drug-likeness (QED) is 0.749. The second kappa shape index (κ2) is 9.39. The van der Waals surface area contributed by atoms with Crippen molar-refractivity contribution in [1.29, 1.82) is 5.26 Å². The van der Waals surface area contributed by atoms with E-state index in [9.17, 15) is 14.4 Å². The summed E-state index contributed by atoms with van der Waals surface area (Å²) >= 11 is 0. The Balaban J connectivity index is 1.66. The van der Waals surface area contributed by atoms with Crippen molar-refractivity contribution in [2.45, 2.75) is 13.0 Å². The number of benzene rings is 2. The molecule has 1 fully saturated rings. The molecule has 1 atom stereocenters. The van der Waals surface area contributed by atoms with Gasteiger partial charge in [0.1, 0.15) is 11.9 Å². The van der Waals surface area contributed by atoms with E-state index in [1.807, 2.05) is 11.8 Å². The number of amides is 1. The Morgan fingerprint density at radius 2 is 1.83 bits per heavy atom. The summed E-state index contributed by atoms with van der Waals surface area (Å²) in [4.78, 5) is 16.7. The minimum Gasteiger partial charge on any atom is -0.493 e. The van der Waals surface area contributed by atoms with Crippen molar-refractivity contribution in [3.05, 3.63) is 59.4 Å². The van der Waals surface area contributed by atoms with Gasteiger partial charge in [0.25, 0.3) is 5.91 Å². The molecule has 1 aliphatic heterocycles. The second-order valence-corrected chi connectivity index (χ2v) is 6.71. The normalized spacial score (nSPS) is 15.4. The first kappa shape index (κ1) is 20.6. The van der Waals surface area contributed by atoms with E-state index in [0.29, 0.717) is 49.8 Å². The van der Waals surface area contributed by atoms with E-state index in [2.05, 4.69) is 6.07 Å². The van der Waals surface area contributed by atoms with Crippen LogP contribution in [0.3, 0.4) is 0 Å². The molecule has 0 aromatic heterocycles. The molecule has 1 amide bonds. The summed E-state index contributed by atoms with van der Waals surface area (Å²) in [6.07, 6.45) is 0. The van der Waals surface area contributed by atoms with Crippen LogP contribution in [0.4, 0.5) is 4.39 Å². The lowest BCUT2D eigenvalue weighted by Gasteiger charge is -2.37. The van der Waals surface area contributed by atoms with Crippen LogP contribution in [0, 0.1) is 17.1 Å². The standard InChI is InChI=1S/C22H24FN3O3/c1-3-29-20-9-6-17(14-21(20)28-2)22(27)26-12-10-25(11-13-26)19(15-24)16-4-7-18(23)8-5-16/h4-9,14,19H,3,10-13H2,1-2H3/t19-/m0/s1. The number of hydrogen-bond donors (Lipinski definition) is 0. The van der Waals surface area contributed by atoms with E-state index in [-0.39, 0.29) is 11.7 Å². The van der Waals surface area contributed by atoms with Gasteiger partial charge in [-0.1, -0.05) is 12.1 Å². The Bertz CT molecular complexity index is 887. The summed E-state index contributed by atoms with van der Waals surface area (Å²) in [5.41, 5.74) is 1.29. The third-order valence-corrected chi connectivity index (χ3v) is 4.99. The monoisotopic (exact) mass is 397 g/mol. The number of carbonyl (C=O) groups excluding carboxylic acids is 1. The van der Waals surface area contributed by atoms with Crippen LogP contribution >= 0.6 is 0 Å². The fourth-order valence-corrected chi connectivity index (χ4v) is 3.45. The van der Waals surface area contributed by atoms with E-state index in [0.717, 1.165) is 5.56 Å². The molecule has 3 rings (SSSR count). The van der Waals surface area contributed by atoms with Crippen molar-refractivity contribution in [3.8, 4) is 17.6 Å². The highest BCUT2D eigenvalue weighted by Crippen LogP contribution is 2.29. The summed E-state index contributed by atoms with van der Waals surface area (Å²) in [6.45, 7) is 4.55. The van der Waals surface area contributed by atoms with Crippen LogP contribution in [0.5, 0.6) is 11.5 Å². The number of hydrogen-bond acceptors (Lipinski definition) is 5. The van der Waals surface area contributed by atoms with Crippen LogP contribution in [0.1, 0.15) is 28.9 Å². The zero-order valence-corrected chi connectivity index (χ0v) is 16.6. The number of carbonyl (C=O) groups is 1. The van der Waals surface area contributed by atoms with Crippen molar-refractivity contribution in [2.24, 2.45) is 0 Å². The van der Waals surface area contributed by atoms with Crippen LogP contribution in [-0.2, 0) is 0 Å². The van der Waals surface area contributed by atoms with Gasteiger partial charge in [0, 0.05) is 31.7 Å². The number of halogens is 1. The van der Waals surface area contributed by atoms with Gasteiger partial charge in [-0.15, -0.1) is 0 Å². The highest BCUT2D eigenvalue weighted by atomic mass is 19.1. The van der Waals surface area contributed by atoms with E-state index in [1.54, 1.807) is 42.3 Å². The van der Waals surface area contributed by atoms with Crippen LogP contribution in [0.2, 0.25) is 0 Å². The Kier molecular flexibility index (Phi) is 6.68. The fourth-order valence-electron chi connectivity index (χ4n) is 3.45. The molecule has 152 valence electrons. The Labute approximate surface area is 170 Å². The fraction of sp³-hybridized carbons (Fsp3) is 0.364. The number of nitriles is 1. The molecule has 0 N–H and O–H groups in total. The summed E-state index contributed by atoms with van der Waals surface area (Å²) in [7, 11) is 1.54. The molecule has 7 heteroatoms. The topological polar surface area (TPSA) is 65.8 Å². The second-order valence-electron chi connectivity index (χ2n) is 6.71. The minimum atomic E-state index is -0.460. The predicted octanol–water partition coefficient (Wildman–Crippen LogP) is 3.26. The SMILES string of the molecule is CCOc1ccc(C(=O)N2CCN([C@@H](C#N)c3ccc(F)cc3)CC2)cc1OC. The Hall–Kier alpha value is -3.11. The average molecular weight is 397 g/mol. The molecule has 2 aromatic rings. The Morgan fingerprint density at radius 1 is 1.14 bits per heavy atom. The van der Waals surface area contributed by atoms with Gasteiger partial charge in [0.2, 0.25) is 0 Å². The Morgan fingerprint density at radius 3 is 2.41 bits per heavy atom. The van der Waals surface area contributed by atoms with Gasteiger partial charge in [0.05, 0.1) is 19.8 Å². The zero-order valence-electron chi connectivity index (χ0n) is 16.6. The van der Waals surface area contributed by atoms with Gasteiger partial charge in [-0.3, -0.25) is 9.69 Å². The molecule has 0 spiro atoms. The first-order valence-corrected chi connectivity index (χ1v) is 9.56. The first-order valence-electron chi connectivity index (χ1n) is 9.56. The number of nitrogens with zero attached hydrogens (tertiary/aromatic N) is 3. The lowest BCUT2D eigenvalue weighted by Crippen LogP contribution is -2.49. The molecular weight excluding hydrogens is 373 g/mol. The number of rotatable bonds is 6. The molecule has 0 radical (unpaired) electrons. The lowest BCUT2D eigenvalue weighted by molar-refractivity contribution is 0.0606. The van der Waals surface area contributed by atoms with Crippen molar-refractivity contribution >= 4 is 5.91 Å². The third-order valence-electron chi connectivity index (χ3n) is 4.99. The van der Waals surface area contributed by atoms with Gasteiger partial charge in [0.15, 0.2) is 11.5 Å². The number of methoxy groups -OCH3 is 1. The molecule has 0 aliphatic carbocycles.